The normalized spacial score (nSPS) is 17.2. The number of carboxylic acids is 3. The molecule has 1 heterocycles. The fraction of sp³-hybridized carbons (Fsp3) is 0.609. The first kappa shape index (κ1) is 28.5. The highest BCUT2D eigenvalue weighted by Crippen LogP contribution is 2.08. The van der Waals surface area contributed by atoms with Gasteiger partial charge in [0.15, 0.2) is 0 Å². The zero-order valence-electron chi connectivity index (χ0n) is 19.7. The van der Waals surface area contributed by atoms with E-state index in [1.807, 2.05) is 4.90 Å². The summed E-state index contributed by atoms with van der Waals surface area (Å²) in [5, 5.41) is 29.0. The number of aliphatic carboxylic acids is 3. The third kappa shape index (κ3) is 15.0. The van der Waals surface area contributed by atoms with Crippen molar-refractivity contribution >= 4 is 17.9 Å². The Kier molecular flexibility index (Phi) is 13.9. The van der Waals surface area contributed by atoms with E-state index in [1.54, 1.807) is 0 Å². The third-order valence-electron chi connectivity index (χ3n) is 5.20. The molecule has 1 aromatic rings. The van der Waals surface area contributed by atoms with E-state index in [1.165, 1.54) is 11.1 Å². The van der Waals surface area contributed by atoms with Crippen LogP contribution < -0.4 is 5.32 Å². The van der Waals surface area contributed by atoms with Crippen molar-refractivity contribution in [2.24, 2.45) is 0 Å². The topological polar surface area (TPSA) is 134 Å². The molecule has 0 amide bonds. The molecule has 1 fully saturated rings. The molecule has 33 heavy (non-hydrogen) atoms. The second kappa shape index (κ2) is 16.1. The Hall–Kier alpha value is -2.53. The Bertz CT molecular complexity index is 724. The molecule has 186 valence electrons. The van der Waals surface area contributed by atoms with E-state index >= 15 is 0 Å². The predicted octanol–water partition coefficient (Wildman–Crippen LogP) is 0.654. The summed E-state index contributed by atoms with van der Waals surface area (Å²) < 4.78 is 0. The first-order valence-corrected chi connectivity index (χ1v) is 11.2. The lowest BCUT2D eigenvalue weighted by Crippen LogP contribution is -2.46. The standard InChI is InChI=1S/C21H34N4O4.C2H4O2/c1-18-2-4-19(5-3-18)16-24-10-7-22-8-11-25(17-21(28)29)15-13-23(12-14-24)9-6-20(26)27;1-2(3)4/h2-5,22H,6-17H2,1H3,(H,26,27)(H,28,29);1H3,(H,3,4). The maximum atomic E-state index is 11.1. The van der Waals surface area contributed by atoms with Crippen LogP contribution in [-0.2, 0) is 20.9 Å². The van der Waals surface area contributed by atoms with E-state index in [9.17, 15) is 9.59 Å². The van der Waals surface area contributed by atoms with Gasteiger partial charge >= 0.3 is 11.9 Å². The molecule has 0 radical (unpaired) electrons. The summed E-state index contributed by atoms with van der Waals surface area (Å²) >= 11 is 0. The molecule has 1 aliphatic rings. The number of nitrogens with zero attached hydrogens (tertiary/aromatic N) is 3. The van der Waals surface area contributed by atoms with Crippen LogP contribution in [0.3, 0.4) is 0 Å². The average Bonchev–Trinajstić information content (AvgIpc) is 2.71. The predicted molar refractivity (Wildman–Crippen MR) is 125 cm³/mol. The van der Waals surface area contributed by atoms with Gasteiger partial charge in [-0.05, 0) is 12.5 Å². The average molecular weight is 467 g/mol. The molecule has 10 nitrogen and oxygen atoms in total. The molecule has 1 aromatic carbocycles. The van der Waals surface area contributed by atoms with Crippen LogP contribution in [-0.4, -0.2) is 113 Å². The van der Waals surface area contributed by atoms with Crippen LogP contribution in [0.1, 0.15) is 24.5 Å². The van der Waals surface area contributed by atoms with Crippen LogP contribution in [0.25, 0.3) is 0 Å². The van der Waals surface area contributed by atoms with Crippen molar-refractivity contribution in [2.75, 3.05) is 65.4 Å². The molecule has 1 saturated heterocycles. The smallest absolute Gasteiger partial charge is 0.317 e. The monoisotopic (exact) mass is 466 g/mol. The molecule has 0 spiro atoms. The zero-order valence-corrected chi connectivity index (χ0v) is 19.7. The summed E-state index contributed by atoms with van der Waals surface area (Å²) in [6.45, 7) is 10.5. The Labute approximate surface area is 195 Å². The van der Waals surface area contributed by atoms with E-state index in [4.69, 9.17) is 20.1 Å². The fourth-order valence-corrected chi connectivity index (χ4v) is 3.44. The van der Waals surface area contributed by atoms with Crippen LogP contribution in [0.2, 0.25) is 0 Å². The summed E-state index contributed by atoms with van der Waals surface area (Å²) in [5.74, 6) is -2.47. The van der Waals surface area contributed by atoms with Crippen molar-refractivity contribution in [2.45, 2.75) is 26.8 Å². The molecule has 10 heteroatoms. The van der Waals surface area contributed by atoms with Crippen LogP contribution >= 0.6 is 0 Å². The van der Waals surface area contributed by atoms with Crippen molar-refractivity contribution in [1.29, 1.82) is 0 Å². The largest absolute Gasteiger partial charge is 0.481 e. The number of carbonyl (C=O) groups is 3. The quantitative estimate of drug-likeness (QED) is 0.454. The SMILES string of the molecule is CC(=O)O.Cc1ccc(CN2CCNCCN(CC(=O)O)CCN(CCC(=O)O)CC2)cc1. The second-order valence-electron chi connectivity index (χ2n) is 8.19. The summed E-state index contributed by atoms with van der Waals surface area (Å²) in [6.07, 6.45) is 0.0957. The van der Waals surface area contributed by atoms with Gasteiger partial charge in [-0.1, -0.05) is 29.8 Å². The third-order valence-corrected chi connectivity index (χ3v) is 5.20. The van der Waals surface area contributed by atoms with Gasteiger partial charge < -0.3 is 25.5 Å². The van der Waals surface area contributed by atoms with Crippen molar-refractivity contribution in [3.63, 3.8) is 0 Å². The molecule has 0 bridgehead atoms. The van der Waals surface area contributed by atoms with Gasteiger partial charge in [0.25, 0.3) is 5.97 Å². The molecule has 0 unspecified atom stereocenters. The number of aryl methyl sites for hydroxylation is 1. The van der Waals surface area contributed by atoms with Gasteiger partial charge in [0.2, 0.25) is 0 Å². The molecule has 0 aliphatic carbocycles. The van der Waals surface area contributed by atoms with Gasteiger partial charge in [0.1, 0.15) is 0 Å². The minimum absolute atomic E-state index is 0.00794. The summed E-state index contributed by atoms with van der Waals surface area (Å²) in [5.41, 5.74) is 2.52. The minimum atomic E-state index is -0.835. The van der Waals surface area contributed by atoms with Crippen molar-refractivity contribution in [3.05, 3.63) is 35.4 Å². The summed E-state index contributed by atoms with van der Waals surface area (Å²) in [6, 6.07) is 8.57. The maximum Gasteiger partial charge on any atom is 0.317 e. The number of hydrogen-bond acceptors (Lipinski definition) is 7. The fourth-order valence-electron chi connectivity index (χ4n) is 3.44. The lowest BCUT2D eigenvalue weighted by molar-refractivity contribution is -0.138. The molecule has 1 aliphatic heterocycles. The van der Waals surface area contributed by atoms with Gasteiger partial charge in [-0.15, -0.1) is 0 Å². The Morgan fingerprint density at radius 3 is 1.88 bits per heavy atom. The van der Waals surface area contributed by atoms with Crippen LogP contribution in [0.4, 0.5) is 0 Å². The molecule has 0 atom stereocenters. The van der Waals surface area contributed by atoms with E-state index < -0.39 is 17.9 Å². The number of rotatable bonds is 7. The van der Waals surface area contributed by atoms with Crippen LogP contribution in [0.5, 0.6) is 0 Å². The Morgan fingerprint density at radius 1 is 0.818 bits per heavy atom. The summed E-state index contributed by atoms with van der Waals surface area (Å²) in [7, 11) is 0. The van der Waals surface area contributed by atoms with Crippen molar-refractivity contribution in [1.82, 2.24) is 20.0 Å². The van der Waals surface area contributed by atoms with E-state index in [2.05, 4.69) is 46.3 Å². The van der Waals surface area contributed by atoms with Gasteiger partial charge in [-0.2, -0.15) is 0 Å². The Morgan fingerprint density at radius 2 is 1.33 bits per heavy atom. The highest BCUT2D eigenvalue weighted by molar-refractivity contribution is 5.69. The molecular weight excluding hydrogens is 428 g/mol. The summed E-state index contributed by atoms with van der Waals surface area (Å²) in [4.78, 5) is 37.6. The second-order valence-corrected chi connectivity index (χ2v) is 8.19. The first-order valence-electron chi connectivity index (χ1n) is 11.2. The number of nitrogens with one attached hydrogen (secondary N) is 1. The van der Waals surface area contributed by atoms with Crippen LogP contribution in [0.15, 0.2) is 24.3 Å². The van der Waals surface area contributed by atoms with Gasteiger partial charge in [-0.3, -0.25) is 24.2 Å². The molecule has 0 saturated carbocycles. The van der Waals surface area contributed by atoms with Crippen molar-refractivity contribution < 1.29 is 29.7 Å². The molecule has 2 rings (SSSR count). The highest BCUT2D eigenvalue weighted by Gasteiger charge is 2.16. The number of carboxylic acid groups (broad SMARTS) is 3. The van der Waals surface area contributed by atoms with Crippen molar-refractivity contribution in [3.8, 4) is 0 Å². The van der Waals surface area contributed by atoms with E-state index in [0.29, 0.717) is 26.2 Å². The van der Waals surface area contributed by atoms with Crippen LogP contribution in [0, 0.1) is 6.92 Å². The number of benzene rings is 1. The van der Waals surface area contributed by atoms with E-state index in [0.717, 1.165) is 46.2 Å². The molecule has 0 aromatic heterocycles. The highest BCUT2D eigenvalue weighted by atomic mass is 16.4. The molecule has 4 N–H and O–H groups in total. The molecular formula is C23H38N4O6. The minimum Gasteiger partial charge on any atom is -0.481 e. The first-order chi connectivity index (χ1) is 15.7. The van der Waals surface area contributed by atoms with Gasteiger partial charge in [0.05, 0.1) is 13.0 Å². The van der Waals surface area contributed by atoms with Gasteiger partial charge in [-0.25, -0.2) is 0 Å². The lowest BCUT2D eigenvalue weighted by atomic mass is 10.1. The lowest BCUT2D eigenvalue weighted by Gasteiger charge is -2.31. The maximum absolute atomic E-state index is 11.1. The number of hydrogen-bond donors (Lipinski definition) is 4. The van der Waals surface area contributed by atoms with E-state index in [-0.39, 0.29) is 13.0 Å². The Balaban J connectivity index is 0.00000125. The van der Waals surface area contributed by atoms with Gasteiger partial charge in [0, 0.05) is 72.4 Å². The zero-order chi connectivity index (χ0) is 24.6.